The quantitative estimate of drug-likeness (QED) is 0.393. The number of rotatable bonds is 8. The minimum absolute atomic E-state index is 0.301. The lowest BCUT2D eigenvalue weighted by Crippen LogP contribution is -2.42. The predicted octanol–water partition coefficient (Wildman–Crippen LogP) is 3.34. The molecule has 10 nitrogen and oxygen atoms in total. The summed E-state index contributed by atoms with van der Waals surface area (Å²) in [7, 11) is 4.35. The van der Waals surface area contributed by atoms with Crippen LogP contribution in [0.5, 0.6) is 0 Å². The van der Waals surface area contributed by atoms with Gasteiger partial charge in [0, 0.05) is 56.5 Å². The maximum absolute atomic E-state index is 11.3. The zero-order valence-corrected chi connectivity index (χ0v) is 22.0. The average Bonchev–Trinajstić information content (AvgIpc) is 3.50. The van der Waals surface area contributed by atoms with Crippen molar-refractivity contribution in [3.63, 3.8) is 0 Å². The lowest BCUT2D eigenvalue weighted by atomic mass is 10.1. The summed E-state index contributed by atoms with van der Waals surface area (Å²) in [4.78, 5) is 29.4. The van der Waals surface area contributed by atoms with Crippen LogP contribution in [0.3, 0.4) is 0 Å². The van der Waals surface area contributed by atoms with E-state index in [9.17, 15) is 4.79 Å². The molecule has 1 saturated heterocycles. The molecular weight excluding hydrogens is 478 g/mol. The Morgan fingerprint density at radius 3 is 2.42 bits per heavy atom. The molecule has 0 atom stereocenters. The molecule has 1 saturated carbocycles. The Morgan fingerprint density at radius 2 is 1.74 bits per heavy atom. The number of aliphatic imine (C=N–C) groups is 1. The fourth-order valence-electron chi connectivity index (χ4n) is 4.27. The molecule has 1 aliphatic carbocycles. The maximum Gasteiger partial charge on any atom is 0.225 e. The van der Waals surface area contributed by atoms with E-state index in [1.807, 2.05) is 36.4 Å². The number of H-pyrrole nitrogens is 1. The smallest absolute Gasteiger partial charge is 0.225 e. The van der Waals surface area contributed by atoms with Crippen molar-refractivity contribution >= 4 is 29.6 Å². The molecule has 3 aliphatic rings. The zero-order chi connectivity index (χ0) is 26.3. The van der Waals surface area contributed by atoms with Crippen molar-refractivity contribution < 1.29 is 4.79 Å². The molecule has 3 aromatic rings. The Balaban J connectivity index is 0.000000316. The number of carbonyl (C=O) groups excluding carboxylic acids is 1. The van der Waals surface area contributed by atoms with Crippen molar-refractivity contribution in [3.05, 3.63) is 71.1 Å². The predicted molar refractivity (Wildman–Crippen MR) is 151 cm³/mol. The summed E-state index contributed by atoms with van der Waals surface area (Å²) in [5.41, 5.74) is 4.63. The first-order chi connectivity index (χ1) is 18.6. The molecule has 38 heavy (non-hydrogen) atoms. The molecule has 2 fully saturated rings. The Kier molecular flexibility index (Phi) is 8.20. The first-order valence-electron chi connectivity index (χ1n) is 13.1. The van der Waals surface area contributed by atoms with Crippen LogP contribution in [0.15, 0.2) is 59.1 Å². The third-order valence-corrected chi connectivity index (χ3v) is 6.80. The van der Waals surface area contributed by atoms with Gasteiger partial charge in [0.2, 0.25) is 5.95 Å². The zero-order valence-electron chi connectivity index (χ0n) is 22.0. The number of hydrogen-bond donors (Lipinski definition) is 3. The molecule has 0 bridgehead atoms. The molecule has 4 heterocycles. The first-order valence-corrected chi connectivity index (χ1v) is 13.1. The molecule has 0 amide bonds. The van der Waals surface area contributed by atoms with Crippen LogP contribution < -0.4 is 10.6 Å². The van der Waals surface area contributed by atoms with Gasteiger partial charge in [-0.2, -0.15) is 10.1 Å². The second-order valence-corrected chi connectivity index (χ2v) is 10.1. The van der Waals surface area contributed by atoms with Gasteiger partial charge in [0.25, 0.3) is 0 Å². The molecule has 0 unspecified atom stereocenters. The van der Waals surface area contributed by atoms with Crippen molar-refractivity contribution in [1.82, 2.24) is 30.0 Å². The molecule has 10 heteroatoms. The summed E-state index contributed by atoms with van der Waals surface area (Å²) in [6.45, 7) is 6.11. The van der Waals surface area contributed by atoms with Crippen molar-refractivity contribution in [2.24, 2.45) is 4.99 Å². The highest BCUT2D eigenvalue weighted by atomic mass is 16.1. The topological polar surface area (TPSA) is 114 Å². The highest BCUT2D eigenvalue weighted by Gasteiger charge is 2.25. The van der Waals surface area contributed by atoms with Crippen molar-refractivity contribution in [2.75, 3.05) is 64.0 Å². The van der Waals surface area contributed by atoms with Crippen LogP contribution in [0.2, 0.25) is 0 Å². The highest BCUT2D eigenvalue weighted by Crippen LogP contribution is 2.39. The number of carbonyl (C=O) groups is 1. The van der Waals surface area contributed by atoms with Crippen molar-refractivity contribution in [3.8, 4) is 0 Å². The first kappa shape index (κ1) is 25.7. The number of piperazine rings is 1. The van der Waals surface area contributed by atoms with E-state index in [0.717, 1.165) is 22.5 Å². The fraction of sp³-hybridized carbons (Fsp3) is 0.393. The SMILES string of the molecule is CN1CCN(C)CC1.O=Cc1cc(Nc2cc(C3CC3)[nH]n2)nc(NCC2=CC(c3ccccc3)=NC2)n1. The molecule has 0 spiro atoms. The number of aldehydes is 1. The molecule has 1 aromatic carbocycles. The van der Waals surface area contributed by atoms with Crippen LogP contribution in [0.25, 0.3) is 0 Å². The van der Waals surface area contributed by atoms with E-state index in [2.05, 4.69) is 65.8 Å². The average molecular weight is 514 g/mol. The Bertz CT molecular complexity index is 1280. The minimum Gasteiger partial charge on any atom is -0.350 e. The second kappa shape index (κ2) is 12.1. The second-order valence-electron chi connectivity index (χ2n) is 10.1. The monoisotopic (exact) mass is 513 g/mol. The van der Waals surface area contributed by atoms with Gasteiger partial charge >= 0.3 is 0 Å². The standard InChI is InChI=1S/C22H21N7O.C6H14N2/c30-13-17-9-20(26-21-10-19(28-29-21)16-6-7-16)27-22(25-17)24-12-14-8-18(23-11-14)15-4-2-1-3-5-15;1-7-3-5-8(2)6-4-7/h1-5,8-10,13,16H,6-7,11-12H2,(H3,24,25,26,27,28,29);3-6H2,1-2H3. The number of aromatic nitrogens is 4. The van der Waals surface area contributed by atoms with Crippen LogP contribution in [0.4, 0.5) is 17.6 Å². The van der Waals surface area contributed by atoms with Gasteiger partial charge in [0.15, 0.2) is 12.1 Å². The van der Waals surface area contributed by atoms with E-state index >= 15 is 0 Å². The molecule has 3 N–H and O–H groups in total. The van der Waals surface area contributed by atoms with Gasteiger partial charge in [-0.25, -0.2) is 4.98 Å². The van der Waals surface area contributed by atoms with Gasteiger partial charge in [0.05, 0.1) is 12.3 Å². The normalized spacial score (nSPS) is 17.7. The number of hydrogen-bond acceptors (Lipinski definition) is 9. The number of anilines is 3. The number of likely N-dealkylation sites (N-methyl/N-ethyl adjacent to an activating group) is 2. The largest absolute Gasteiger partial charge is 0.350 e. The highest BCUT2D eigenvalue weighted by molar-refractivity contribution is 6.10. The molecule has 2 aromatic heterocycles. The van der Waals surface area contributed by atoms with Crippen LogP contribution in [0.1, 0.15) is 40.5 Å². The fourth-order valence-corrected chi connectivity index (χ4v) is 4.27. The van der Waals surface area contributed by atoms with Gasteiger partial charge in [-0.1, -0.05) is 30.3 Å². The lowest BCUT2D eigenvalue weighted by molar-refractivity contribution is 0.111. The summed E-state index contributed by atoms with van der Waals surface area (Å²) in [6.07, 6.45) is 5.19. The number of benzene rings is 1. The van der Waals surface area contributed by atoms with Gasteiger partial charge in [-0.3, -0.25) is 14.9 Å². The third kappa shape index (κ3) is 7.11. The van der Waals surface area contributed by atoms with Crippen LogP contribution in [-0.2, 0) is 0 Å². The number of aromatic amines is 1. The Labute approximate surface area is 223 Å². The number of nitrogens with one attached hydrogen (secondary N) is 3. The molecule has 2 aliphatic heterocycles. The molecular formula is C28H35N9O. The summed E-state index contributed by atoms with van der Waals surface area (Å²) in [6, 6.07) is 13.7. The van der Waals surface area contributed by atoms with E-state index in [1.165, 1.54) is 39.0 Å². The van der Waals surface area contributed by atoms with E-state index < -0.39 is 0 Å². The number of allylic oxidation sites excluding steroid dienone is 1. The number of nitrogens with zero attached hydrogens (tertiary/aromatic N) is 6. The molecule has 0 radical (unpaired) electrons. The lowest BCUT2D eigenvalue weighted by Gasteiger charge is -2.28. The van der Waals surface area contributed by atoms with Crippen molar-refractivity contribution in [1.29, 1.82) is 0 Å². The summed E-state index contributed by atoms with van der Waals surface area (Å²) < 4.78 is 0. The van der Waals surface area contributed by atoms with Crippen molar-refractivity contribution in [2.45, 2.75) is 18.8 Å². The van der Waals surface area contributed by atoms with E-state index in [4.69, 9.17) is 0 Å². The van der Waals surface area contributed by atoms with Crippen LogP contribution in [0, 0.1) is 0 Å². The third-order valence-electron chi connectivity index (χ3n) is 6.80. The molecule has 198 valence electrons. The Hall–Kier alpha value is -3.89. The van der Waals surface area contributed by atoms with Gasteiger partial charge in [0.1, 0.15) is 11.5 Å². The van der Waals surface area contributed by atoms with Crippen LogP contribution in [-0.4, -0.2) is 95.3 Å². The van der Waals surface area contributed by atoms with Gasteiger partial charge in [-0.05, 0) is 44.1 Å². The van der Waals surface area contributed by atoms with E-state index in [1.54, 1.807) is 6.07 Å². The van der Waals surface area contributed by atoms with Gasteiger partial charge < -0.3 is 20.4 Å². The van der Waals surface area contributed by atoms with Gasteiger partial charge in [-0.15, -0.1) is 0 Å². The van der Waals surface area contributed by atoms with E-state index in [0.29, 0.717) is 48.6 Å². The summed E-state index contributed by atoms with van der Waals surface area (Å²) >= 11 is 0. The van der Waals surface area contributed by atoms with Crippen LogP contribution >= 0.6 is 0 Å². The maximum atomic E-state index is 11.3. The van der Waals surface area contributed by atoms with E-state index in [-0.39, 0.29) is 0 Å². The summed E-state index contributed by atoms with van der Waals surface area (Å²) in [5.74, 6) is 2.17. The summed E-state index contributed by atoms with van der Waals surface area (Å²) in [5, 5.41) is 13.7. The molecule has 6 rings (SSSR count). The minimum atomic E-state index is 0.301. The Morgan fingerprint density at radius 1 is 1.00 bits per heavy atom.